The minimum Gasteiger partial charge on any atom is -0.324 e. The summed E-state index contributed by atoms with van der Waals surface area (Å²) in [4.78, 5) is 38.0. The smallest absolute Gasteiger partial charge is 0.324 e. The van der Waals surface area contributed by atoms with Crippen LogP contribution in [0.2, 0.25) is 0 Å². The summed E-state index contributed by atoms with van der Waals surface area (Å²) in [7, 11) is -4.49. The van der Waals surface area contributed by atoms with Gasteiger partial charge in [0.1, 0.15) is 5.66 Å². The molecule has 9 heteroatoms. The first kappa shape index (κ1) is 16.2. The number of carbonyl (C=O) groups is 1. The highest BCUT2D eigenvalue weighted by molar-refractivity contribution is 9.10. The highest BCUT2D eigenvalue weighted by atomic mass is 79.9. The van der Waals surface area contributed by atoms with Gasteiger partial charge in [-0.1, -0.05) is 13.8 Å². The molecule has 1 atom stereocenters. The van der Waals surface area contributed by atoms with Gasteiger partial charge in [-0.2, -0.15) is 0 Å². The normalized spacial score (nSPS) is 13.4. The lowest BCUT2D eigenvalue weighted by Crippen LogP contribution is -2.29. The van der Waals surface area contributed by atoms with Gasteiger partial charge in [0.05, 0.1) is 18.1 Å². The molecule has 0 saturated heterocycles. The summed E-state index contributed by atoms with van der Waals surface area (Å²) in [5, 5.41) is 2.40. The van der Waals surface area contributed by atoms with Gasteiger partial charge in [-0.05, 0) is 28.3 Å². The molecule has 19 heavy (non-hydrogen) atoms. The number of aromatic nitrogens is 2. The van der Waals surface area contributed by atoms with Crippen LogP contribution in [0, 0.1) is 5.92 Å². The monoisotopic (exact) mass is 351 g/mol. The molecule has 1 amide bonds. The summed E-state index contributed by atoms with van der Waals surface area (Å²) >= 11 is 3.05. The maximum atomic E-state index is 11.9. The van der Waals surface area contributed by atoms with Crippen molar-refractivity contribution in [3.63, 3.8) is 0 Å². The predicted molar refractivity (Wildman–Crippen MR) is 73.6 cm³/mol. The summed E-state index contributed by atoms with van der Waals surface area (Å²) in [6.07, 6.45) is 2.80. The number of amides is 1. The molecule has 3 N–H and O–H groups in total. The van der Waals surface area contributed by atoms with E-state index in [4.69, 9.17) is 0 Å². The standard InChI is InChI=1S/C10H15BrN3O4P/c1-6(2)3-8(19(16,17)18)9(15)14-7-4-12-10(11)13-5-7/h4-6,8H,3H2,1-2H3,(H,14,15)(H2,16,17,18). The third-order valence-corrected chi connectivity index (χ3v) is 3.96. The largest absolute Gasteiger partial charge is 0.337 e. The summed E-state index contributed by atoms with van der Waals surface area (Å²) in [6, 6.07) is 0. The fourth-order valence-corrected chi connectivity index (χ4v) is 2.72. The van der Waals surface area contributed by atoms with Crippen molar-refractivity contribution in [1.29, 1.82) is 0 Å². The molecule has 1 aromatic heterocycles. The van der Waals surface area contributed by atoms with Gasteiger partial charge in [0.15, 0.2) is 4.73 Å². The van der Waals surface area contributed by atoms with Crippen molar-refractivity contribution in [1.82, 2.24) is 9.97 Å². The zero-order valence-corrected chi connectivity index (χ0v) is 12.9. The maximum absolute atomic E-state index is 11.9. The van der Waals surface area contributed by atoms with E-state index >= 15 is 0 Å². The molecule has 7 nitrogen and oxygen atoms in total. The van der Waals surface area contributed by atoms with Gasteiger partial charge in [-0.25, -0.2) is 9.97 Å². The minimum atomic E-state index is -4.49. The maximum Gasteiger partial charge on any atom is 0.337 e. The molecular formula is C10H15BrN3O4P. The average molecular weight is 352 g/mol. The highest BCUT2D eigenvalue weighted by Crippen LogP contribution is 2.44. The molecule has 0 aliphatic carbocycles. The molecule has 1 aromatic rings. The highest BCUT2D eigenvalue weighted by Gasteiger charge is 2.36. The van der Waals surface area contributed by atoms with Gasteiger partial charge in [-0.3, -0.25) is 9.36 Å². The van der Waals surface area contributed by atoms with E-state index in [2.05, 4.69) is 31.2 Å². The Bertz CT molecular complexity index is 488. The van der Waals surface area contributed by atoms with Gasteiger partial charge in [0, 0.05) is 0 Å². The Morgan fingerprint density at radius 2 is 1.95 bits per heavy atom. The Labute approximate surface area is 119 Å². The van der Waals surface area contributed by atoms with E-state index in [-0.39, 0.29) is 18.0 Å². The fraction of sp³-hybridized carbons (Fsp3) is 0.500. The Morgan fingerprint density at radius 3 is 2.37 bits per heavy atom. The van der Waals surface area contributed by atoms with Crippen LogP contribution in [0.25, 0.3) is 0 Å². The van der Waals surface area contributed by atoms with Gasteiger partial charge in [0.2, 0.25) is 5.91 Å². The van der Waals surface area contributed by atoms with Crippen LogP contribution in [0.5, 0.6) is 0 Å². The van der Waals surface area contributed by atoms with Crippen molar-refractivity contribution >= 4 is 35.1 Å². The third-order valence-electron chi connectivity index (χ3n) is 2.29. The van der Waals surface area contributed by atoms with E-state index in [1.807, 2.05) is 0 Å². The topological polar surface area (TPSA) is 112 Å². The summed E-state index contributed by atoms with van der Waals surface area (Å²) in [6.45, 7) is 3.58. The molecule has 0 aliphatic heterocycles. The predicted octanol–water partition coefficient (Wildman–Crippen LogP) is 1.77. The number of hydrogen-bond acceptors (Lipinski definition) is 4. The lowest BCUT2D eigenvalue weighted by Gasteiger charge is -2.19. The Kier molecular flexibility index (Phi) is 5.61. The lowest BCUT2D eigenvalue weighted by atomic mass is 10.1. The van der Waals surface area contributed by atoms with Crippen molar-refractivity contribution in [2.24, 2.45) is 5.92 Å². The van der Waals surface area contributed by atoms with Crippen molar-refractivity contribution in [3.05, 3.63) is 17.1 Å². The first-order valence-corrected chi connectivity index (χ1v) is 8.01. The number of nitrogens with one attached hydrogen (secondary N) is 1. The van der Waals surface area contributed by atoms with Crippen LogP contribution in [-0.4, -0.2) is 31.3 Å². The van der Waals surface area contributed by atoms with Crippen molar-refractivity contribution in [2.75, 3.05) is 5.32 Å². The Balaban J connectivity index is 2.83. The number of rotatable bonds is 5. The molecule has 0 aliphatic rings. The second kappa shape index (κ2) is 6.56. The molecule has 106 valence electrons. The molecule has 0 bridgehead atoms. The zero-order valence-electron chi connectivity index (χ0n) is 10.4. The Morgan fingerprint density at radius 1 is 1.42 bits per heavy atom. The molecular weight excluding hydrogens is 337 g/mol. The number of nitrogens with zero attached hydrogens (tertiary/aromatic N) is 2. The van der Waals surface area contributed by atoms with E-state index in [9.17, 15) is 19.1 Å². The van der Waals surface area contributed by atoms with E-state index < -0.39 is 19.2 Å². The van der Waals surface area contributed by atoms with Crippen LogP contribution >= 0.6 is 23.5 Å². The molecule has 0 spiro atoms. The number of hydrogen-bond donors (Lipinski definition) is 3. The Hall–Kier alpha value is -0.820. The number of halogens is 1. The van der Waals surface area contributed by atoms with E-state index in [1.165, 1.54) is 12.4 Å². The molecule has 1 unspecified atom stereocenters. The second-order valence-electron chi connectivity index (χ2n) is 4.46. The summed E-state index contributed by atoms with van der Waals surface area (Å²) < 4.78 is 11.7. The van der Waals surface area contributed by atoms with Crippen molar-refractivity contribution in [3.8, 4) is 0 Å². The van der Waals surface area contributed by atoms with Crippen LogP contribution < -0.4 is 5.32 Å². The number of carbonyl (C=O) groups excluding carboxylic acids is 1. The van der Waals surface area contributed by atoms with Crippen LogP contribution in [0.1, 0.15) is 20.3 Å². The summed E-state index contributed by atoms with van der Waals surface area (Å²) in [5.41, 5.74) is -1.08. The van der Waals surface area contributed by atoms with Gasteiger partial charge in [0.25, 0.3) is 0 Å². The molecule has 1 rings (SSSR count). The first-order chi connectivity index (χ1) is 8.70. The van der Waals surface area contributed by atoms with E-state index in [1.54, 1.807) is 13.8 Å². The molecule has 0 radical (unpaired) electrons. The van der Waals surface area contributed by atoms with Gasteiger partial charge >= 0.3 is 7.60 Å². The van der Waals surface area contributed by atoms with Crippen LogP contribution in [-0.2, 0) is 9.36 Å². The molecule has 1 heterocycles. The van der Waals surface area contributed by atoms with E-state index in [0.29, 0.717) is 4.73 Å². The first-order valence-electron chi connectivity index (χ1n) is 5.53. The minimum absolute atomic E-state index is 0.00968. The zero-order chi connectivity index (χ0) is 14.6. The van der Waals surface area contributed by atoms with Crippen LogP contribution in [0.3, 0.4) is 0 Å². The molecule has 0 aromatic carbocycles. The van der Waals surface area contributed by atoms with Crippen molar-refractivity contribution in [2.45, 2.75) is 25.9 Å². The average Bonchev–Trinajstić information content (AvgIpc) is 2.27. The molecule has 0 saturated carbocycles. The van der Waals surface area contributed by atoms with Crippen LogP contribution in [0.4, 0.5) is 5.69 Å². The fourth-order valence-electron chi connectivity index (χ4n) is 1.45. The lowest BCUT2D eigenvalue weighted by molar-refractivity contribution is -0.116. The van der Waals surface area contributed by atoms with Crippen LogP contribution in [0.15, 0.2) is 17.1 Å². The summed E-state index contributed by atoms with van der Waals surface area (Å²) in [5.74, 6) is -0.738. The van der Waals surface area contributed by atoms with E-state index in [0.717, 1.165) is 0 Å². The van der Waals surface area contributed by atoms with Gasteiger partial charge in [-0.15, -0.1) is 0 Å². The molecule has 0 fully saturated rings. The van der Waals surface area contributed by atoms with Crippen molar-refractivity contribution < 1.29 is 19.1 Å². The quantitative estimate of drug-likeness (QED) is 0.550. The second-order valence-corrected chi connectivity index (χ2v) is 6.98. The third kappa shape index (κ3) is 5.36. The number of anilines is 1. The van der Waals surface area contributed by atoms with Gasteiger partial charge < -0.3 is 15.1 Å². The SMILES string of the molecule is CC(C)CC(C(=O)Nc1cnc(Br)nc1)P(=O)(O)O.